The van der Waals surface area contributed by atoms with Crippen molar-refractivity contribution in [2.75, 3.05) is 31.9 Å². The van der Waals surface area contributed by atoms with Gasteiger partial charge in [-0.3, -0.25) is 9.47 Å². The Hall–Kier alpha value is -5.27. The Balaban J connectivity index is 1.40. The van der Waals surface area contributed by atoms with Crippen LogP contribution in [0.15, 0.2) is 79.0 Å². The Morgan fingerprint density at radius 1 is 0.925 bits per heavy atom. The Kier molecular flexibility index (Phi) is 6.56. The number of nitriles is 1. The van der Waals surface area contributed by atoms with Gasteiger partial charge in [-0.1, -0.05) is 30.3 Å². The van der Waals surface area contributed by atoms with Crippen molar-refractivity contribution in [3.63, 3.8) is 0 Å². The van der Waals surface area contributed by atoms with E-state index in [1.54, 1.807) is 12.3 Å². The predicted molar refractivity (Wildman–Crippen MR) is 152 cm³/mol. The van der Waals surface area contributed by atoms with Crippen molar-refractivity contribution in [2.45, 2.75) is 6.54 Å². The van der Waals surface area contributed by atoms with Crippen LogP contribution < -0.4 is 5.73 Å². The van der Waals surface area contributed by atoms with Gasteiger partial charge in [-0.2, -0.15) is 5.26 Å². The van der Waals surface area contributed by atoms with E-state index in [-0.39, 0.29) is 0 Å². The van der Waals surface area contributed by atoms with Crippen molar-refractivity contribution in [3.05, 3.63) is 90.1 Å². The largest absolute Gasteiger partial charge is 0.465 e. The molecule has 3 N–H and O–H groups in total. The summed E-state index contributed by atoms with van der Waals surface area (Å²) < 4.78 is 1.97. The molecule has 1 saturated heterocycles. The van der Waals surface area contributed by atoms with E-state index in [1.807, 2.05) is 59.2 Å². The van der Waals surface area contributed by atoms with Crippen molar-refractivity contribution in [2.24, 2.45) is 0 Å². The Morgan fingerprint density at radius 3 is 2.40 bits per heavy atom. The number of aromatic nitrogens is 4. The first-order chi connectivity index (χ1) is 19.5. The van der Waals surface area contributed by atoms with Gasteiger partial charge in [0, 0.05) is 50.2 Å². The molecule has 3 aromatic heterocycles. The first-order valence-corrected chi connectivity index (χ1v) is 12.9. The maximum Gasteiger partial charge on any atom is 0.407 e. The number of imidazole rings is 1. The third kappa shape index (κ3) is 4.70. The van der Waals surface area contributed by atoms with E-state index in [4.69, 9.17) is 15.7 Å². The number of nitrogens with two attached hydrogens (primary N) is 1. The third-order valence-electron chi connectivity index (χ3n) is 7.15. The molecule has 1 amide bonds. The second-order valence-electron chi connectivity index (χ2n) is 9.62. The molecule has 0 saturated carbocycles. The summed E-state index contributed by atoms with van der Waals surface area (Å²) in [5.74, 6) is 0.989. The van der Waals surface area contributed by atoms with Crippen LogP contribution in [-0.2, 0) is 6.54 Å². The molecule has 0 aliphatic carbocycles. The zero-order valence-corrected chi connectivity index (χ0v) is 21.6. The number of hydrogen-bond acceptors (Lipinski definition) is 7. The molecule has 40 heavy (non-hydrogen) atoms. The lowest BCUT2D eigenvalue weighted by Gasteiger charge is -2.33. The molecule has 1 aliphatic heterocycles. The minimum absolute atomic E-state index is 0.367. The average molecular weight is 531 g/mol. The van der Waals surface area contributed by atoms with Crippen LogP contribution in [-0.4, -0.2) is 66.7 Å². The van der Waals surface area contributed by atoms with Gasteiger partial charge in [0.15, 0.2) is 11.5 Å². The third-order valence-corrected chi connectivity index (χ3v) is 7.15. The number of fused-ring (bicyclic) bond motifs is 1. The predicted octanol–water partition coefficient (Wildman–Crippen LogP) is 4.40. The second kappa shape index (κ2) is 10.5. The fraction of sp³-hybridized carbons (Fsp3) is 0.167. The van der Waals surface area contributed by atoms with Crippen LogP contribution in [0.5, 0.6) is 0 Å². The maximum atomic E-state index is 11.2. The number of nitrogen functional groups attached to an aromatic ring is 1. The van der Waals surface area contributed by atoms with E-state index in [0.717, 1.165) is 23.4 Å². The minimum atomic E-state index is -0.866. The van der Waals surface area contributed by atoms with E-state index in [2.05, 4.69) is 28.1 Å². The van der Waals surface area contributed by atoms with Crippen LogP contribution in [0.1, 0.15) is 11.1 Å². The molecule has 0 atom stereocenters. The highest BCUT2D eigenvalue weighted by atomic mass is 16.4. The lowest BCUT2D eigenvalue weighted by atomic mass is 10.1. The van der Waals surface area contributed by atoms with Crippen molar-refractivity contribution in [1.29, 1.82) is 5.26 Å². The summed E-state index contributed by atoms with van der Waals surface area (Å²) in [5, 5.41) is 18.9. The van der Waals surface area contributed by atoms with Gasteiger partial charge in [-0.05, 0) is 48.0 Å². The molecule has 0 spiro atoms. The van der Waals surface area contributed by atoms with Gasteiger partial charge in [0.25, 0.3) is 0 Å². The first-order valence-electron chi connectivity index (χ1n) is 12.9. The van der Waals surface area contributed by atoms with Gasteiger partial charge in [0.05, 0.1) is 22.9 Å². The van der Waals surface area contributed by atoms with Gasteiger partial charge >= 0.3 is 6.09 Å². The number of amides is 1. The smallest absolute Gasteiger partial charge is 0.407 e. The Morgan fingerprint density at radius 2 is 1.68 bits per heavy atom. The minimum Gasteiger partial charge on any atom is -0.465 e. The number of piperazine rings is 1. The van der Waals surface area contributed by atoms with Crippen molar-refractivity contribution in [3.8, 4) is 34.4 Å². The standard InChI is InChI=1S/C30H26N8O2/c31-18-21-4-1-2-5-23(21)25-11-12-26-29(34-25)38(28(35-26)24-6-3-13-33-27(24)32)22-9-7-20(8-10-22)19-36-14-16-37(17-15-36)30(39)40/h1-13H,14-17,19H2,(H2,32,33)(H,39,40). The fourth-order valence-corrected chi connectivity index (χ4v) is 5.05. The monoisotopic (exact) mass is 530 g/mol. The lowest BCUT2D eigenvalue weighted by molar-refractivity contribution is 0.103. The zero-order valence-electron chi connectivity index (χ0n) is 21.6. The summed E-state index contributed by atoms with van der Waals surface area (Å²) in [5.41, 5.74) is 12.2. The molecule has 5 aromatic rings. The summed E-state index contributed by atoms with van der Waals surface area (Å²) in [7, 11) is 0. The summed E-state index contributed by atoms with van der Waals surface area (Å²) in [6, 6.07) is 25.3. The van der Waals surface area contributed by atoms with E-state index >= 15 is 0 Å². The Labute approximate surface area is 230 Å². The van der Waals surface area contributed by atoms with Crippen LogP contribution >= 0.6 is 0 Å². The SMILES string of the molecule is N#Cc1ccccc1-c1ccc2nc(-c3cccnc3N)n(-c3ccc(CN4CCN(C(=O)O)CC4)cc3)c2n1. The molecule has 6 rings (SSSR count). The molecule has 2 aromatic carbocycles. The summed E-state index contributed by atoms with van der Waals surface area (Å²) >= 11 is 0. The van der Waals surface area contributed by atoms with Crippen molar-refractivity contribution in [1.82, 2.24) is 29.3 Å². The number of carboxylic acid groups (broad SMARTS) is 1. The quantitative estimate of drug-likeness (QED) is 0.341. The summed E-state index contributed by atoms with van der Waals surface area (Å²) in [4.78, 5) is 29.0. The van der Waals surface area contributed by atoms with Gasteiger partial charge in [0.1, 0.15) is 11.3 Å². The second-order valence-corrected chi connectivity index (χ2v) is 9.62. The van der Waals surface area contributed by atoms with Crippen LogP contribution in [0.4, 0.5) is 10.6 Å². The highest BCUT2D eigenvalue weighted by Crippen LogP contribution is 2.32. The fourth-order valence-electron chi connectivity index (χ4n) is 5.05. The van der Waals surface area contributed by atoms with Crippen LogP contribution in [0.2, 0.25) is 0 Å². The first kappa shape index (κ1) is 25.0. The normalized spacial score (nSPS) is 13.8. The van der Waals surface area contributed by atoms with E-state index in [1.165, 1.54) is 4.90 Å². The molecule has 198 valence electrons. The lowest BCUT2D eigenvalue weighted by Crippen LogP contribution is -2.47. The molecule has 0 unspecified atom stereocenters. The van der Waals surface area contributed by atoms with Crippen LogP contribution in [0, 0.1) is 11.3 Å². The number of carbonyl (C=O) groups is 1. The molecule has 1 aliphatic rings. The molecule has 1 fully saturated rings. The van der Waals surface area contributed by atoms with Crippen molar-refractivity contribution < 1.29 is 9.90 Å². The van der Waals surface area contributed by atoms with E-state index < -0.39 is 6.09 Å². The number of rotatable bonds is 5. The Bertz CT molecular complexity index is 1750. The number of hydrogen-bond donors (Lipinski definition) is 2. The molecular formula is C30H26N8O2. The van der Waals surface area contributed by atoms with Crippen molar-refractivity contribution >= 4 is 23.1 Å². The highest BCUT2D eigenvalue weighted by molar-refractivity contribution is 5.85. The molecule has 10 heteroatoms. The molecule has 0 bridgehead atoms. The molecule has 10 nitrogen and oxygen atoms in total. The van der Waals surface area contributed by atoms with E-state index in [0.29, 0.717) is 65.8 Å². The van der Waals surface area contributed by atoms with Gasteiger partial charge in [-0.15, -0.1) is 0 Å². The molecule has 4 heterocycles. The summed E-state index contributed by atoms with van der Waals surface area (Å²) in [6.45, 7) is 3.14. The number of anilines is 1. The highest BCUT2D eigenvalue weighted by Gasteiger charge is 2.21. The topological polar surface area (TPSA) is 137 Å². The zero-order chi connectivity index (χ0) is 27.6. The molecular weight excluding hydrogens is 504 g/mol. The van der Waals surface area contributed by atoms with Gasteiger partial charge in [0.2, 0.25) is 0 Å². The van der Waals surface area contributed by atoms with Crippen LogP contribution in [0.25, 0.3) is 39.5 Å². The number of nitrogens with zero attached hydrogens (tertiary/aromatic N) is 7. The van der Waals surface area contributed by atoms with Gasteiger partial charge < -0.3 is 15.7 Å². The van der Waals surface area contributed by atoms with E-state index in [9.17, 15) is 15.2 Å². The molecule has 0 radical (unpaired) electrons. The maximum absolute atomic E-state index is 11.2. The average Bonchev–Trinajstić information content (AvgIpc) is 3.36. The number of benzene rings is 2. The van der Waals surface area contributed by atoms with Gasteiger partial charge in [-0.25, -0.2) is 19.7 Å². The number of pyridine rings is 2. The van der Waals surface area contributed by atoms with Crippen LogP contribution in [0.3, 0.4) is 0 Å². The summed E-state index contributed by atoms with van der Waals surface area (Å²) in [6.07, 6.45) is 0.779.